The van der Waals surface area contributed by atoms with Crippen LogP contribution in [-0.2, 0) is 0 Å². The molecule has 1 fully saturated rings. The van der Waals surface area contributed by atoms with Gasteiger partial charge < -0.3 is 10.2 Å². The van der Waals surface area contributed by atoms with Gasteiger partial charge in [0.15, 0.2) is 0 Å². The fraction of sp³-hybridized carbons (Fsp3) is 0.636. The summed E-state index contributed by atoms with van der Waals surface area (Å²) in [5, 5.41) is 3.38. The Labute approximate surface area is 105 Å². The first-order chi connectivity index (χ1) is 7.78. The highest BCUT2D eigenvalue weighted by atomic mass is 79.9. The SMILES string of the molecule is CCN1CCC(Nc2ncc(Br)cn2)CC1. The van der Waals surface area contributed by atoms with Crippen molar-refractivity contribution < 1.29 is 0 Å². The molecule has 0 unspecified atom stereocenters. The lowest BCUT2D eigenvalue weighted by Gasteiger charge is -2.31. The molecule has 0 aliphatic carbocycles. The molecule has 2 heterocycles. The lowest BCUT2D eigenvalue weighted by atomic mass is 10.1. The third kappa shape index (κ3) is 3.15. The number of aromatic nitrogens is 2. The van der Waals surface area contributed by atoms with Crippen molar-refractivity contribution in [2.24, 2.45) is 0 Å². The van der Waals surface area contributed by atoms with E-state index < -0.39 is 0 Å². The highest BCUT2D eigenvalue weighted by Crippen LogP contribution is 2.14. The molecule has 1 aromatic rings. The molecule has 0 saturated carbocycles. The number of halogens is 1. The fourth-order valence-corrected chi connectivity index (χ4v) is 2.17. The Hall–Kier alpha value is -0.680. The Kier molecular flexibility index (Phi) is 4.12. The van der Waals surface area contributed by atoms with Crippen LogP contribution in [0.4, 0.5) is 5.95 Å². The van der Waals surface area contributed by atoms with Crippen LogP contribution in [0.25, 0.3) is 0 Å². The van der Waals surface area contributed by atoms with Gasteiger partial charge in [-0.05, 0) is 35.3 Å². The maximum Gasteiger partial charge on any atom is 0.222 e. The summed E-state index contributed by atoms with van der Waals surface area (Å²) in [4.78, 5) is 10.9. The summed E-state index contributed by atoms with van der Waals surface area (Å²) in [5.74, 6) is 0.734. The van der Waals surface area contributed by atoms with Gasteiger partial charge in [-0.25, -0.2) is 9.97 Å². The molecule has 1 aliphatic heterocycles. The second kappa shape index (κ2) is 5.59. The third-order valence-electron chi connectivity index (χ3n) is 2.99. The van der Waals surface area contributed by atoms with Crippen LogP contribution in [0.1, 0.15) is 19.8 Å². The van der Waals surface area contributed by atoms with E-state index in [0.717, 1.165) is 17.0 Å². The van der Waals surface area contributed by atoms with E-state index >= 15 is 0 Å². The molecule has 0 aromatic carbocycles. The Morgan fingerprint density at radius 2 is 2.00 bits per heavy atom. The van der Waals surface area contributed by atoms with Gasteiger partial charge in [-0.1, -0.05) is 6.92 Å². The molecule has 2 rings (SSSR count). The van der Waals surface area contributed by atoms with E-state index in [2.05, 4.69) is 43.0 Å². The van der Waals surface area contributed by atoms with Crippen molar-refractivity contribution in [3.05, 3.63) is 16.9 Å². The van der Waals surface area contributed by atoms with Gasteiger partial charge >= 0.3 is 0 Å². The van der Waals surface area contributed by atoms with Crippen LogP contribution in [0.2, 0.25) is 0 Å². The molecule has 5 heteroatoms. The van der Waals surface area contributed by atoms with E-state index in [1.54, 1.807) is 12.4 Å². The Balaban J connectivity index is 1.84. The maximum atomic E-state index is 4.23. The first-order valence-corrected chi connectivity index (χ1v) is 6.53. The van der Waals surface area contributed by atoms with Crippen molar-refractivity contribution in [1.82, 2.24) is 14.9 Å². The van der Waals surface area contributed by atoms with Crippen molar-refractivity contribution in [1.29, 1.82) is 0 Å². The normalized spacial score (nSPS) is 18.6. The first-order valence-electron chi connectivity index (χ1n) is 5.74. The van der Waals surface area contributed by atoms with Crippen molar-refractivity contribution in [2.75, 3.05) is 25.0 Å². The molecule has 4 nitrogen and oxygen atoms in total. The minimum absolute atomic E-state index is 0.518. The second-order valence-corrected chi connectivity index (χ2v) is 4.99. The summed E-state index contributed by atoms with van der Waals surface area (Å²) in [6.45, 7) is 5.71. The monoisotopic (exact) mass is 284 g/mol. The lowest BCUT2D eigenvalue weighted by Crippen LogP contribution is -2.39. The van der Waals surface area contributed by atoms with Crippen LogP contribution in [0.3, 0.4) is 0 Å². The molecule has 0 bridgehead atoms. The topological polar surface area (TPSA) is 41.0 Å². The van der Waals surface area contributed by atoms with Gasteiger partial charge in [0.25, 0.3) is 0 Å². The third-order valence-corrected chi connectivity index (χ3v) is 3.40. The van der Waals surface area contributed by atoms with Crippen LogP contribution in [0.5, 0.6) is 0 Å². The van der Waals surface area contributed by atoms with Crippen molar-refractivity contribution in [2.45, 2.75) is 25.8 Å². The van der Waals surface area contributed by atoms with Gasteiger partial charge in [-0.15, -0.1) is 0 Å². The molecule has 0 radical (unpaired) electrons. The number of nitrogens with one attached hydrogen (secondary N) is 1. The van der Waals surface area contributed by atoms with Gasteiger partial charge in [0, 0.05) is 31.5 Å². The molecular weight excluding hydrogens is 268 g/mol. The number of piperidine rings is 1. The van der Waals surface area contributed by atoms with Crippen LogP contribution in [0.15, 0.2) is 16.9 Å². The smallest absolute Gasteiger partial charge is 0.222 e. The molecule has 1 aromatic heterocycles. The summed E-state index contributed by atoms with van der Waals surface area (Å²) in [7, 11) is 0. The molecule has 16 heavy (non-hydrogen) atoms. The van der Waals surface area contributed by atoms with E-state index in [1.807, 2.05) is 0 Å². The highest BCUT2D eigenvalue weighted by Gasteiger charge is 2.18. The van der Waals surface area contributed by atoms with Crippen molar-refractivity contribution in [3.8, 4) is 0 Å². The van der Waals surface area contributed by atoms with Gasteiger partial charge in [0.2, 0.25) is 5.95 Å². The maximum absolute atomic E-state index is 4.23. The number of rotatable bonds is 3. The van der Waals surface area contributed by atoms with Gasteiger partial charge in [0.1, 0.15) is 0 Å². The predicted octanol–water partition coefficient (Wildman–Crippen LogP) is 2.14. The average Bonchev–Trinajstić information content (AvgIpc) is 2.33. The molecule has 1 aliphatic rings. The second-order valence-electron chi connectivity index (χ2n) is 4.08. The van der Waals surface area contributed by atoms with E-state index in [0.29, 0.717) is 6.04 Å². The quantitative estimate of drug-likeness (QED) is 0.923. The number of hydrogen-bond donors (Lipinski definition) is 1. The molecule has 1 N–H and O–H groups in total. The van der Waals surface area contributed by atoms with E-state index in [4.69, 9.17) is 0 Å². The molecule has 0 amide bonds. The molecular formula is C11H17BrN4. The summed E-state index contributed by atoms with van der Waals surface area (Å²) in [6, 6.07) is 0.518. The Morgan fingerprint density at radius 1 is 1.38 bits per heavy atom. The largest absolute Gasteiger partial charge is 0.351 e. The van der Waals surface area contributed by atoms with Crippen molar-refractivity contribution >= 4 is 21.9 Å². The van der Waals surface area contributed by atoms with E-state index in [9.17, 15) is 0 Å². The van der Waals surface area contributed by atoms with Gasteiger partial charge in [-0.2, -0.15) is 0 Å². The average molecular weight is 285 g/mol. The van der Waals surface area contributed by atoms with Gasteiger partial charge in [-0.3, -0.25) is 0 Å². The van der Waals surface area contributed by atoms with Crippen LogP contribution in [0, 0.1) is 0 Å². The summed E-state index contributed by atoms with van der Waals surface area (Å²) < 4.78 is 0.916. The van der Waals surface area contributed by atoms with E-state index in [-0.39, 0.29) is 0 Å². The van der Waals surface area contributed by atoms with E-state index in [1.165, 1.54) is 25.9 Å². The number of likely N-dealkylation sites (tertiary alicyclic amines) is 1. The Bertz CT molecular complexity index is 319. The van der Waals surface area contributed by atoms with Gasteiger partial charge in [0.05, 0.1) is 4.47 Å². The summed E-state index contributed by atoms with van der Waals surface area (Å²) >= 11 is 3.33. The standard InChI is InChI=1S/C11H17BrN4/c1-2-16-5-3-10(4-6-16)15-11-13-7-9(12)8-14-11/h7-8,10H,2-6H2,1H3,(H,13,14,15). The first kappa shape index (κ1) is 11.8. The Morgan fingerprint density at radius 3 is 2.56 bits per heavy atom. The molecule has 0 atom stereocenters. The predicted molar refractivity (Wildman–Crippen MR) is 68.5 cm³/mol. The van der Waals surface area contributed by atoms with Crippen LogP contribution in [-0.4, -0.2) is 40.5 Å². The number of anilines is 1. The van der Waals surface area contributed by atoms with Crippen molar-refractivity contribution in [3.63, 3.8) is 0 Å². The highest BCUT2D eigenvalue weighted by molar-refractivity contribution is 9.10. The zero-order chi connectivity index (χ0) is 11.4. The molecule has 88 valence electrons. The number of nitrogens with zero attached hydrogens (tertiary/aromatic N) is 3. The molecule has 0 spiro atoms. The fourth-order valence-electron chi connectivity index (χ4n) is 1.96. The lowest BCUT2D eigenvalue weighted by molar-refractivity contribution is 0.229. The van der Waals surface area contributed by atoms with Crippen LogP contribution >= 0.6 is 15.9 Å². The van der Waals surface area contributed by atoms with Crippen LogP contribution < -0.4 is 5.32 Å². The minimum Gasteiger partial charge on any atom is -0.351 e. The molecule has 1 saturated heterocycles. The zero-order valence-corrected chi connectivity index (χ0v) is 11.1. The zero-order valence-electron chi connectivity index (χ0n) is 9.49. The summed E-state index contributed by atoms with van der Waals surface area (Å²) in [6.07, 6.45) is 5.90. The minimum atomic E-state index is 0.518. The number of hydrogen-bond acceptors (Lipinski definition) is 4. The summed E-state index contributed by atoms with van der Waals surface area (Å²) in [5.41, 5.74) is 0.